The van der Waals surface area contributed by atoms with E-state index in [0.717, 1.165) is 50.5 Å². The van der Waals surface area contributed by atoms with Crippen LogP contribution in [0.25, 0.3) is 10.2 Å². The number of aromatic nitrogens is 1. The Bertz CT molecular complexity index is 994. The molecule has 32 heavy (non-hydrogen) atoms. The summed E-state index contributed by atoms with van der Waals surface area (Å²) < 4.78 is 6.33. The van der Waals surface area contributed by atoms with Gasteiger partial charge in [-0.05, 0) is 55.7 Å². The molecule has 0 fully saturated rings. The van der Waals surface area contributed by atoms with Crippen LogP contribution < -0.4 is 9.64 Å². The molecule has 0 N–H and O–H groups in total. The van der Waals surface area contributed by atoms with Crippen LogP contribution in [0.4, 0.5) is 5.13 Å². The number of halogens is 1. The molecule has 0 aliphatic carbocycles. The molecule has 1 aromatic heterocycles. The zero-order chi connectivity index (χ0) is 22.2. The lowest BCUT2D eigenvalue weighted by atomic mass is 10.3. The molecular formula is C23H30ClN3O2S3. The maximum Gasteiger partial charge on any atom is 0.239 e. The fourth-order valence-corrected chi connectivity index (χ4v) is 5.63. The highest BCUT2D eigenvalue weighted by Gasteiger charge is 2.21. The third kappa shape index (κ3) is 6.78. The van der Waals surface area contributed by atoms with Crippen LogP contribution in [0, 0.1) is 0 Å². The second-order valence-electron chi connectivity index (χ2n) is 6.84. The first-order valence-electron chi connectivity index (χ1n) is 10.3. The Morgan fingerprint density at radius 3 is 2.44 bits per heavy atom. The maximum atomic E-state index is 13.3. The molecule has 0 aliphatic rings. The van der Waals surface area contributed by atoms with E-state index in [2.05, 4.69) is 43.2 Å². The van der Waals surface area contributed by atoms with Crippen LogP contribution in [-0.2, 0) is 4.79 Å². The van der Waals surface area contributed by atoms with Crippen molar-refractivity contribution in [1.29, 1.82) is 0 Å². The number of nitrogens with zero attached hydrogens (tertiary/aromatic N) is 3. The van der Waals surface area contributed by atoms with E-state index >= 15 is 0 Å². The van der Waals surface area contributed by atoms with Gasteiger partial charge in [-0.25, -0.2) is 4.98 Å². The summed E-state index contributed by atoms with van der Waals surface area (Å²) in [7, 11) is 1.65. The van der Waals surface area contributed by atoms with Gasteiger partial charge in [0.1, 0.15) is 5.75 Å². The number of amides is 1. The number of thiazole rings is 1. The SMILES string of the molecule is CCN(CC)CCN(C(=O)CSc1ccc(OC)cc1)c1nc2c(SC)cccc2s1.Cl. The monoisotopic (exact) mass is 511 g/mol. The lowest BCUT2D eigenvalue weighted by molar-refractivity contribution is -0.116. The van der Waals surface area contributed by atoms with Gasteiger partial charge in [0.05, 0.1) is 23.1 Å². The number of fused-ring (bicyclic) bond motifs is 1. The predicted octanol–water partition coefficient (Wildman–Crippen LogP) is 5.92. The number of likely N-dealkylation sites (N-methyl/N-ethyl adjacent to an activating group) is 1. The zero-order valence-electron chi connectivity index (χ0n) is 18.9. The van der Waals surface area contributed by atoms with E-state index in [-0.39, 0.29) is 18.3 Å². The maximum absolute atomic E-state index is 13.3. The summed E-state index contributed by atoms with van der Waals surface area (Å²) in [6, 6.07) is 14.0. The van der Waals surface area contributed by atoms with Gasteiger partial charge in [-0.2, -0.15) is 0 Å². The summed E-state index contributed by atoms with van der Waals surface area (Å²) in [5.41, 5.74) is 0.985. The van der Waals surface area contributed by atoms with Crippen LogP contribution in [-0.4, -0.2) is 61.1 Å². The molecule has 9 heteroatoms. The van der Waals surface area contributed by atoms with Crippen LogP contribution in [0.3, 0.4) is 0 Å². The number of hydrogen-bond acceptors (Lipinski definition) is 7. The number of para-hydroxylation sites is 1. The van der Waals surface area contributed by atoms with Gasteiger partial charge in [-0.15, -0.1) is 35.9 Å². The molecule has 174 valence electrons. The molecule has 1 amide bonds. The molecule has 0 saturated heterocycles. The minimum atomic E-state index is 0. The largest absolute Gasteiger partial charge is 0.497 e. The fourth-order valence-electron chi connectivity index (χ4n) is 3.19. The number of rotatable bonds is 11. The Morgan fingerprint density at radius 2 is 1.81 bits per heavy atom. The van der Waals surface area contributed by atoms with Crippen LogP contribution in [0.5, 0.6) is 5.75 Å². The van der Waals surface area contributed by atoms with Crippen molar-refractivity contribution < 1.29 is 9.53 Å². The highest BCUT2D eigenvalue weighted by molar-refractivity contribution is 8.00. The van der Waals surface area contributed by atoms with Crippen molar-refractivity contribution >= 4 is 68.5 Å². The Morgan fingerprint density at radius 1 is 1.09 bits per heavy atom. The molecule has 0 unspecified atom stereocenters. The van der Waals surface area contributed by atoms with Crippen molar-refractivity contribution in [3.8, 4) is 5.75 Å². The molecule has 0 atom stereocenters. The first-order chi connectivity index (χ1) is 15.1. The number of carbonyl (C=O) groups is 1. The minimum Gasteiger partial charge on any atom is -0.497 e. The van der Waals surface area contributed by atoms with E-state index in [1.807, 2.05) is 29.2 Å². The Kier molecular flexibility index (Phi) is 11.1. The van der Waals surface area contributed by atoms with Gasteiger partial charge in [0.2, 0.25) is 5.91 Å². The average molecular weight is 512 g/mol. The minimum absolute atomic E-state index is 0. The molecule has 5 nitrogen and oxygen atoms in total. The van der Waals surface area contributed by atoms with Crippen molar-refractivity contribution in [2.24, 2.45) is 0 Å². The van der Waals surface area contributed by atoms with Gasteiger partial charge in [0.25, 0.3) is 0 Å². The van der Waals surface area contributed by atoms with Gasteiger partial charge in [0, 0.05) is 22.9 Å². The molecule has 2 aromatic carbocycles. The van der Waals surface area contributed by atoms with Gasteiger partial charge in [0.15, 0.2) is 5.13 Å². The lowest BCUT2D eigenvalue weighted by Crippen LogP contribution is -2.39. The van der Waals surface area contributed by atoms with Gasteiger partial charge >= 0.3 is 0 Å². The highest BCUT2D eigenvalue weighted by atomic mass is 35.5. The van der Waals surface area contributed by atoms with Crippen LogP contribution in [0.1, 0.15) is 13.8 Å². The van der Waals surface area contributed by atoms with E-state index in [1.165, 1.54) is 0 Å². The Balaban J connectivity index is 0.00000363. The quantitative estimate of drug-likeness (QED) is 0.298. The molecule has 1 heterocycles. The second kappa shape index (κ2) is 13.3. The lowest BCUT2D eigenvalue weighted by Gasteiger charge is -2.24. The van der Waals surface area contributed by atoms with Gasteiger partial charge < -0.3 is 9.64 Å². The Hall–Kier alpha value is -1.45. The standard InChI is InChI=1S/C23H29N3O2S3.ClH/c1-5-25(6-2)14-15-26(21(27)16-30-18-12-10-17(28-3)11-13-18)23-24-22-19(29-4)8-7-9-20(22)31-23;/h7-13H,5-6,14-16H2,1-4H3;1H. The van der Waals surface area contributed by atoms with E-state index in [1.54, 1.807) is 42.0 Å². The van der Waals surface area contributed by atoms with Crippen molar-refractivity contribution in [1.82, 2.24) is 9.88 Å². The summed E-state index contributed by atoms with van der Waals surface area (Å²) in [5, 5.41) is 0.781. The van der Waals surface area contributed by atoms with Gasteiger partial charge in [-0.3, -0.25) is 9.69 Å². The third-order valence-electron chi connectivity index (χ3n) is 5.08. The molecule has 0 aliphatic heterocycles. The van der Waals surface area contributed by atoms with Crippen LogP contribution >= 0.6 is 47.3 Å². The normalized spacial score (nSPS) is 10.9. The van der Waals surface area contributed by atoms with Crippen molar-refractivity contribution in [2.75, 3.05) is 50.2 Å². The molecule has 0 spiro atoms. The average Bonchev–Trinajstić information content (AvgIpc) is 3.24. The summed E-state index contributed by atoms with van der Waals surface area (Å²) in [4.78, 5) is 24.5. The molecule has 3 rings (SSSR count). The van der Waals surface area contributed by atoms with Crippen molar-refractivity contribution in [3.05, 3.63) is 42.5 Å². The topological polar surface area (TPSA) is 45.7 Å². The summed E-state index contributed by atoms with van der Waals surface area (Å²) in [6.07, 6.45) is 2.06. The number of benzene rings is 2. The van der Waals surface area contributed by atoms with Crippen LogP contribution in [0.2, 0.25) is 0 Å². The number of ether oxygens (including phenoxy) is 1. The van der Waals surface area contributed by atoms with E-state index in [4.69, 9.17) is 9.72 Å². The van der Waals surface area contributed by atoms with Crippen molar-refractivity contribution in [3.63, 3.8) is 0 Å². The number of hydrogen-bond donors (Lipinski definition) is 0. The second-order valence-corrected chi connectivity index (χ2v) is 9.75. The number of anilines is 1. The van der Waals surface area contributed by atoms with Gasteiger partial charge in [-0.1, -0.05) is 31.3 Å². The van der Waals surface area contributed by atoms with Crippen LogP contribution in [0.15, 0.2) is 52.3 Å². The van der Waals surface area contributed by atoms with E-state index < -0.39 is 0 Å². The smallest absolute Gasteiger partial charge is 0.239 e. The molecule has 3 aromatic rings. The number of carbonyl (C=O) groups excluding carboxylic acids is 1. The summed E-state index contributed by atoms with van der Waals surface area (Å²) >= 11 is 4.82. The first kappa shape index (κ1) is 26.8. The fraction of sp³-hybridized carbons (Fsp3) is 0.391. The molecule has 0 radical (unpaired) electrons. The van der Waals surface area contributed by atoms with Crippen molar-refractivity contribution in [2.45, 2.75) is 23.6 Å². The number of methoxy groups -OCH3 is 1. The van der Waals surface area contributed by atoms with E-state index in [9.17, 15) is 4.79 Å². The molecular weight excluding hydrogens is 482 g/mol. The predicted molar refractivity (Wildman–Crippen MR) is 143 cm³/mol. The molecule has 0 saturated carbocycles. The van der Waals surface area contributed by atoms with E-state index in [0.29, 0.717) is 12.3 Å². The Labute approximate surface area is 209 Å². The molecule has 0 bridgehead atoms. The summed E-state index contributed by atoms with van der Waals surface area (Å²) in [5.74, 6) is 1.27. The highest BCUT2D eigenvalue weighted by Crippen LogP contribution is 2.34. The third-order valence-corrected chi connectivity index (χ3v) is 7.89. The zero-order valence-corrected chi connectivity index (χ0v) is 22.1. The summed E-state index contributed by atoms with van der Waals surface area (Å²) in [6.45, 7) is 7.70. The first-order valence-corrected chi connectivity index (χ1v) is 13.3. The number of thioether (sulfide) groups is 2.